The number of hydrogen-bond donors (Lipinski definition) is 0. The van der Waals surface area contributed by atoms with Crippen LogP contribution in [0.15, 0.2) is 54.6 Å². The van der Waals surface area contributed by atoms with Crippen molar-refractivity contribution < 1.29 is 13.9 Å². The molecule has 0 aliphatic heterocycles. The fraction of sp³-hybridized carbons (Fsp3) is 0.167. The number of allylic oxidation sites excluding steroid dienone is 1. The van der Waals surface area contributed by atoms with Gasteiger partial charge < -0.3 is 4.74 Å². The molecule has 0 amide bonds. The van der Waals surface area contributed by atoms with Crippen LogP contribution < -0.4 is 0 Å². The molecule has 2 aromatic carbocycles. The fourth-order valence-electron chi connectivity index (χ4n) is 2.01. The molecule has 2 aromatic rings. The highest BCUT2D eigenvalue weighted by Crippen LogP contribution is 2.22. The predicted octanol–water partition coefficient (Wildman–Crippen LogP) is 4.46. The standard InChI is InChI=1S/C18H17FO2/c1-3-21-18(20)12-13(2)14-4-6-15(7-5-14)16-8-10-17(19)11-9-16/h4-12H,3H2,1-2H3. The summed E-state index contributed by atoms with van der Waals surface area (Å²) in [5.41, 5.74) is 3.76. The van der Waals surface area contributed by atoms with E-state index >= 15 is 0 Å². The van der Waals surface area contributed by atoms with Gasteiger partial charge in [0.15, 0.2) is 0 Å². The van der Waals surface area contributed by atoms with Crippen molar-refractivity contribution in [3.63, 3.8) is 0 Å². The van der Waals surface area contributed by atoms with Crippen LogP contribution in [0.2, 0.25) is 0 Å². The van der Waals surface area contributed by atoms with Crippen LogP contribution in [0, 0.1) is 5.82 Å². The molecule has 0 unspecified atom stereocenters. The fourth-order valence-corrected chi connectivity index (χ4v) is 2.01. The van der Waals surface area contributed by atoms with Gasteiger partial charge in [-0.25, -0.2) is 9.18 Å². The zero-order valence-corrected chi connectivity index (χ0v) is 12.1. The van der Waals surface area contributed by atoms with Crippen molar-refractivity contribution in [2.75, 3.05) is 6.61 Å². The van der Waals surface area contributed by atoms with Crippen LogP contribution in [0.4, 0.5) is 4.39 Å². The summed E-state index contributed by atoms with van der Waals surface area (Å²) >= 11 is 0. The molecule has 0 heterocycles. The number of hydrogen-bond acceptors (Lipinski definition) is 2. The minimum Gasteiger partial charge on any atom is -0.463 e. The monoisotopic (exact) mass is 284 g/mol. The van der Waals surface area contributed by atoms with Gasteiger partial charge in [-0.05, 0) is 48.2 Å². The predicted molar refractivity (Wildman–Crippen MR) is 82.1 cm³/mol. The highest BCUT2D eigenvalue weighted by molar-refractivity contribution is 5.91. The van der Waals surface area contributed by atoms with E-state index in [0.29, 0.717) is 6.61 Å². The molecule has 0 bridgehead atoms. The normalized spacial score (nSPS) is 11.3. The average Bonchev–Trinajstić information content (AvgIpc) is 2.48. The SMILES string of the molecule is CCOC(=O)C=C(C)c1ccc(-c2ccc(F)cc2)cc1. The minimum absolute atomic E-state index is 0.247. The summed E-state index contributed by atoms with van der Waals surface area (Å²) in [6.45, 7) is 4.01. The first-order valence-corrected chi connectivity index (χ1v) is 6.81. The van der Waals surface area contributed by atoms with E-state index in [-0.39, 0.29) is 11.8 Å². The maximum Gasteiger partial charge on any atom is 0.331 e. The molecule has 0 fully saturated rings. The maximum atomic E-state index is 12.9. The third-order valence-electron chi connectivity index (χ3n) is 3.14. The van der Waals surface area contributed by atoms with Crippen LogP contribution in [0.5, 0.6) is 0 Å². The summed E-state index contributed by atoms with van der Waals surface area (Å²) in [5.74, 6) is -0.582. The molecular weight excluding hydrogens is 267 g/mol. The van der Waals surface area contributed by atoms with Gasteiger partial charge in [0.1, 0.15) is 5.82 Å². The summed E-state index contributed by atoms with van der Waals surface area (Å²) in [6.07, 6.45) is 1.48. The Bertz CT molecular complexity index is 640. The maximum absolute atomic E-state index is 12.9. The summed E-state index contributed by atoms with van der Waals surface area (Å²) in [5, 5.41) is 0. The lowest BCUT2D eigenvalue weighted by Crippen LogP contribution is -2.00. The van der Waals surface area contributed by atoms with Gasteiger partial charge in [0.05, 0.1) is 6.61 Å². The molecular formula is C18H17FO2. The van der Waals surface area contributed by atoms with E-state index < -0.39 is 0 Å². The molecule has 0 aliphatic rings. The number of carbonyl (C=O) groups excluding carboxylic acids is 1. The van der Waals surface area contributed by atoms with Crippen LogP contribution >= 0.6 is 0 Å². The van der Waals surface area contributed by atoms with Crippen molar-refractivity contribution >= 4 is 11.5 Å². The molecule has 3 heteroatoms. The molecule has 2 rings (SSSR count). The average molecular weight is 284 g/mol. The Morgan fingerprint density at radius 2 is 1.57 bits per heavy atom. The van der Waals surface area contributed by atoms with E-state index in [4.69, 9.17) is 4.74 Å². The Labute approximate surface area is 123 Å². The minimum atomic E-state index is -0.336. The van der Waals surface area contributed by atoms with Crippen molar-refractivity contribution in [2.45, 2.75) is 13.8 Å². The topological polar surface area (TPSA) is 26.3 Å². The Morgan fingerprint density at radius 1 is 1.05 bits per heavy atom. The number of esters is 1. The quantitative estimate of drug-likeness (QED) is 0.612. The van der Waals surface area contributed by atoms with Gasteiger partial charge in [-0.3, -0.25) is 0 Å². The number of carbonyl (C=O) groups is 1. The largest absolute Gasteiger partial charge is 0.463 e. The first kappa shape index (κ1) is 15.0. The Kier molecular flexibility index (Phi) is 4.88. The van der Waals surface area contributed by atoms with E-state index in [1.807, 2.05) is 31.2 Å². The molecule has 0 saturated carbocycles. The molecule has 0 aromatic heterocycles. The van der Waals surface area contributed by atoms with Crippen LogP contribution in [-0.4, -0.2) is 12.6 Å². The lowest BCUT2D eigenvalue weighted by molar-refractivity contribution is -0.137. The molecule has 0 saturated heterocycles. The Morgan fingerprint density at radius 3 is 2.10 bits per heavy atom. The second-order valence-corrected chi connectivity index (χ2v) is 4.66. The van der Waals surface area contributed by atoms with Crippen LogP contribution in [0.3, 0.4) is 0 Å². The van der Waals surface area contributed by atoms with Gasteiger partial charge >= 0.3 is 5.97 Å². The van der Waals surface area contributed by atoms with E-state index in [1.165, 1.54) is 18.2 Å². The van der Waals surface area contributed by atoms with Gasteiger partial charge in [-0.1, -0.05) is 36.4 Å². The summed E-state index contributed by atoms with van der Waals surface area (Å²) in [7, 11) is 0. The Balaban J connectivity index is 2.19. The van der Waals surface area contributed by atoms with Gasteiger partial charge in [0.2, 0.25) is 0 Å². The molecule has 0 atom stereocenters. The van der Waals surface area contributed by atoms with E-state index in [1.54, 1.807) is 19.1 Å². The van der Waals surface area contributed by atoms with Crippen LogP contribution in [0.1, 0.15) is 19.4 Å². The lowest BCUT2D eigenvalue weighted by Gasteiger charge is -2.05. The highest BCUT2D eigenvalue weighted by atomic mass is 19.1. The Hall–Kier alpha value is -2.42. The second kappa shape index (κ2) is 6.84. The van der Waals surface area contributed by atoms with Crippen molar-refractivity contribution in [3.8, 4) is 11.1 Å². The van der Waals surface area contributed by atoms with Crippen molar-refractivity contribution in [3.05, 3.63) is 66.0 Å². The number of rotatable bonds is 4. The third kappa shape index (κ3) is 4.02. The first-order valence-electron chi connectivity index (χ1n) is 6.81. The van der Waals surface area contributed by atoms with Crippen molar-refractivity contribution in [1.82, 2.24) is 0 Å². The van der Waals surface area contributed by atoms with Gasteiger partial charge in [0, 0.05) is 6.08 Å². The lowest BCUT2D eigenvalue weighted by atomic mass is 10.0. The third-order valence-corrected chi connectivity index (χ3v) is 3.14. The molecule has 2 nitrogen and oxygen atoms in total. The van der Waals surface area contributed by atoms with E-state index in [0.717, 1.165) is 22.3 Å². The number of halogens is 1. The van der Waals surface area contributed by atoms with Gasteiger partial charge in [-0.2, -0.15) is 0 Å². The zero-order chi connectivity index (χ0) is 15.2. The zero-order valence-electron chi connectivity index (χ0n) is 12.1. The van der Waals surface area contributed by atoms with Crippen molar-refractivity contribution in [1.29, 1.82) is 0 Å². The summed E-state index contributed by atoms with van der Waals surface area (Å²) in [4.78, 5) is 11.4. The smallest absolute Gasteiger partial charge is 0.331 e. The molecule has 0 spiro atoms. The first-order chi connectivity index (χ1) is 10.1. The number of benzene rings is 2. The molecule has 0 radical (unpaired) electrons. The van der Waals surface area contributed by atoms with Crippen LogP contribution in [-0.2, 0) is 9.53 Å². The molecule has 0 aliphatic carbocycles. The highest BCUT2D eigenvalue weighted by Gasteiger charge is 2.02. The van der Waals surface area contributed by atoms with Gasteiger partial charge in [0.25, 0.3) is 0 Å². The summed E-state index contributed by atoms with van der Waals surface area (Å²) in [6, 6.07) is 14.1. The summed E-state index contributed by atoms with van der Waals surface area (Å²) < 4.78 is 17.8. The van der Waals surface area contributed by atoms with Crippen LogP contribution in [0.25, 0.3) is 16.7 Å². The molecule has 21 heavy (non-hydrogen) atoms. The van der Waals surface area contributed by atoms with E-state index in [2.05, 4.69) is 0 Å². The van der Waals surface area contributed by atoms with Crippen molar-refractivity contribution in [2.24, 2.45) is 0 Å². The second-order valence-electron chi connectivity index (χ2n) is 4.66. The molecule has 108 valence electrons. The van der Waals surface area contributed by atoms with E-state index in [9.17, 15) is 9.18 Å². The van der Waals surface area contributed by atoms with Gasteiger partial charge in [-0.15, -0.1) is 0 Å². The molecule has 0 N–H and O–H groups in total. The number of ether oxygens (including phenoxy) is 1.